The molecule has 2 N–H and O–H groups in total. The van der Waals surface area contributed by atoms with Gasteiger partial charge in [0, 0.05) is 11.3 Å². The van der Waals surface area contributed by atoms with Gasteiger partial charge in [0.25, 0.3) is 5.56 Å². The third kappa shape index (κ3) is 4.23. The molecule has 2 rings (SSSR count). The van der Waals surface area contributed by atoms with E-state index in [9.17, 15) is 14.4 Å². The second-order valence-electron chi connectivity index (χ2n) is 5.34. The highest BCUT2D eigenvalue weighted by Crippen LogP contribution is 2.23. The van der Waals surface area contributed by atoms with Gasteiger partial charge >= 0.3 is 5.97 Å². The fourth-order valence-electron chi connectivity index (χ4n) is 2.35. The Morgan fingerprint density at radius 3 is 2.56 bits per heavy atom. The molecule has 0 aliphatic heterocycles. The van der Waals surface area contributed by atoms with Crippen LogP contribution in [0.1, 0.15) is 27.4 Å². The molecule has 8 heteroatoms. The predicted octanol–water partition coefficient (Wildman–Crippen LogP) is 1.36. The monoisotopic (exact) mass is 345 g/mol. The summed E-state index contributed by atoms with van der Waals surface area (Å²) in [4.78, 5) is 42.9. The minimum atomic E-state index is -0.611. The maximum absolute atomic E-state index is 12.3. The van der Waals surface area contributed by atoms with Crippen molar-refractivity contribution < 1.29 is 19.1 Å². The van der Waals surface area contributed by atoms with Gasteiger partial charge in [-0.3, -0.25) is 9.59 Å². The molecule has 1 aromatic heterocycles. The number of anilines is 1. The number of benzene rings is 1. The molecule has 0 unspecified atom stereocenters. The van der Waals surface area contributed by atoms with Crippen LogP contribution in [0.25, 0.3) is 0 Å². The lowest BCUT2D eigenvalue weighted by Gasteiger charge is -2.12. The van der Waals surface area contributed by atoms with Crippen molar-refractivity contribution in [2.75, 3.05) is 19.5 Å². The molecule has 25 heavy (non-hydrogen) atoms. The Hall–Kier alpha value is -3.16. The molecule has 2 aromatic rings. The number of esters is 1. The Balaban J connectivity index is 2.27. The van der Waals surface area contributed by atoms with E-state index in [1.165, 1.54) is 26.4 Å². The number of hydrogen-bond donors (Lipinski definition) is 2. The number of hydrogen-bond acceptors (Lipinski definition) is 6. The maximum atomic E-state index is 12.3. The Labute approximate surface area is 144 Å². The molecular formula is C17H19N3O5. The van der Waals surface area contributed by atoms with Gasteiger partial charge in [-0.15, -0.1) is 0 Å². The van der Waals surface area contributed by atoms with E-state index in [2.05, 4.69) is 15.3 Å². The van der Waals surface area contributed by atoms with Gasteiger partial charge in [0.2, 0.25) is 5.91 Å². The average Bonchev–Trinajstić information content (AvgIpc) is 2.57. The van der Waals surface area contributed by atoms with Gasteiger partial charge in [-0.25, -0.2) is 9.78 Å². The molecular weight excluding hydrogens is 326 g/mol. The van der Waals surface area contributed by atoms with Gasteiger partial charge < -0.3 is 19.8 Å². The van der Waals surface area contributed by atoms with Crippen molar-refractivity contribution in [2.45, 2.75) is 20.3 Å². The largest absolute Gasteiger partial charge is 0.497 e. The number of nitrogens with zero attached hydrogens (tertiary/aromatic N) is 1. The lowest BCUT2D eigenvalue weighted by molar-refractivity contribution is -0.115. The first-order valence-electron chi connectivity index (χ1n) is 7.48. The van der Waals surface area contributed by atoms with E-state index in [0.717, 1.165) is 0 Å². The summed E-state index contributed by atoms with van der Waals surface area (Å²) in [5.41, 5.74) is 0.827. The zero-order valence-electron chi connectivity index (χ0n) is 14.4. The first kappa shape index (κ1) is 18.2. The summed E-state index contributed by atoms with van der Waals surface area (Å²) in [6.07, 6.45) is -0.166. The summed E-state index contributed by atoms with van der Waals surface area (Å²) >= 11 is 0. The highest BCUT2D eigenvalue weighted by molar-refractivity contribution is 6.02. The fraction of sp³-hybridized carbons (Fsp3) is 0.294. The Morgan fingerprint density at radius 1 is 1.24 bits per heavy atom. The van der Waals surface area contributed by atoms with Crippen molar-refractivity contribution in [3.05, 3.63) is 51.2 Å². The summed E-state index contributed by atoms with van der Waals surface area (Å²) in [6, 6.07) is 4.61. The van der Waals surface area contributed by atoms with Crippen LogP contribution in [0.5, 0.6) is 5.75 Å². The van der Waals surface area contributed by atoms with Crippen molar-refractivity contribution >= 4 is 17.6 Å². The number of aromatic amines is 1. The lowest BCUT2D eigenvalue weighted by Crippen LogP contribution is -2.24. The highest BCUT2D eigenvalue weighted by Gasteiger charge is 2.17. The number of nitrogens with one attached hydrogen (secondary N) is 2. The molecule has 0 spiro atoms. The third-order valence-corrected chi connectivity index (χ3v) is 3.58. The van der Waals surface area contributed by atoms with Crippen LogP contribution in [0, 0.1) is 13.8 Å². The molecule has 0 saturated carbocycles. The van der Waals surface area contributed by atoms with Crippen LogP contribution in [0.15, 0.2) is 23.0 Å². The molecule has 0 fully saturated rings. The normalized spacial score (nSPS) is 10.2. The Bertz CT molecular complexity index is 873. The van der Waals surface area contributed by atoms with Crippen LogP contribution < -0.4 is 15.6 Å². The average molecular weight is 345 g/mol. The molecule has 0 aliphatic rings. The zero-order valence-corrected chi connectivity index (χ0v) is 14.4. The number of amides is 1. The maximum Gasteiger partial charge on any atom is 0.340 e. The molecule has 0 aliphatic carbocycles. The van der Waals surface area contributed by atoms with Gasteiger partial charge in [0.15, 0.2) is 0 Å². The SMILES string of the molecule is COC(=O)c1cc(OC)ccc1NC(=O)Cc1c(C)nc(C)[nH]c1=O. The van der Waals surface area contributed by atoms with E-state index in [4.69, 9.17) is 9.47 Å². The minimum absolute atomic E-state index is 0.155. The van der Waals surface area contributed by atoms with Crippen LogP contribution in [-0.2, 0) is 16.0 Å². The van der Waals surface area contributed by atoms with Crippen molar-refractivity contribution in [3.63, 3.8) is 0 Å². The number of rotatable bonds is 5. The van der Waals surface area contributed by atoms with Crippen molar-refractivity contribution in [1.82, 2.24) is 9.97 Å². The molecule has 132 valence electrons. The third-order valence-electron chi connectivity index (χ3n) is 3.58. The van der Waals surface area contributed by atoms with Crippen LogP contribution >= 0.6 is 0 Å². The summed E-state index contributed by atoms with van der Waals surface area (Å²) < 4.78 is 9.79. The first-order valence-corrected chi connectivity index (χ1v) is 7.48. The van der Waals surface area contributed by atoms with E-state index in [1.807, 2.05) is 0 Å². The molecule has 1 amide bonds. The van der Waals surface area contributed by atoms with Gasteiger partial charge in [-0.1, -0.05) is 0 Å². The van der Waals surface area contributed by atoms with E-state index in [-0.39, 0.29) is 28.8 Å². The minimum Gasteiger partial charge on any atom is -0.497 e. The standard InChI is InChI=1S/C17H19N3O5/c1-9-12(16(22)19-10(2)18-9)8-15(21)20-14-6-5-11(24-3)7-13(14)17(23)25-4/h5-7H,8H2,1-4H3,(H,20,21)(H,18,19,22). The van der Waals surface area contributed by atoms with E-state index in [1.54, 1.807) is 19.9 Å². The highest BCUT2D eigenvalue weighted by atomic mass is 16.5. The summed E-state index contributed by atoms with van der Waals surface area (Å²) in [6.45, 7) is 3.33. The lowest BCUT2D eigenvalue weighted by atomic mass is 10.1. The predicted molar refractivity (Wildman–Crippen MR) is 91.0 cm³/mol. The number of H-pyrrole nitrogens is 1. The molecule has 0 bridgehead atoms. The van der Waals surface area contributed by atoms with Crippen LogP contribution in [0.2, 0.25) is 0 Å². The Morgan fingerprint density at radius 2 is 1.96 bits per heavy atom. The summed E-state index contributed by atoms with van der Waals surface area (Å²) in [5, 5.41) is 2.62. The number of ether oxygens (including phenoxy) is 2. The van der Waals surface area contributed by atoms with Crippen molar-refractivity contribution in [2.24, 2.45) is 0 Å². The second kappa shape index (κ2) is 7.61. The molecule has 8 nitrogen and oxygen atoms in total. The Kier molecular flexibility index (Phi) is 5.53. The molecule has 0 atom stereocenters. The first-order chi connectivity index (χ1) is 11.8. The fourth-order valence-corrected chi connectivity index (χ4v) is 2.35. The van der Waals surface area contributed by atoms with Crippen LogP contribution in [-0.4, -0.2) is 36.1 Å². The van der Waals surface area contributed by atoms with E-state index in [0.29, 0.717) is 17.3 Å². The smallest absolute Gasteiger partial charge is 0.340 e. The van der Waals surface area contributed by atoms with Gasteiger partial charge in [0.1, 0.15) is 11.6 Å². The number of methoxy groups -OCH3 is 2. The van der Waals surface area contributed by atoms with E-state index < -0.39 is 11.9 Å². The summed E-state index contributed by atoms with van der Waals surface area (Å²) in [5.74, 6) is -0.127. The molecule has 0 radical (unpaired) electrons. The molecule has 1 aromatic carbocycles. The summed E-state index contributed by atoms with van der Waals surface area (Å²) in [7, 11) is 2.71. The number of aryl methyl sites for hydroxylation is 2. The second-order valence-corrected chi connectivity index (χ2v) is 5.34. The van der Waals surface area contributed by atoms with Crippen molar-refractivity contribution in [3.8, 4) is 5.75 Å². The molecule has 0 saturated heterocycles. The number of carbonyl (C=O) groups excluding carboxylic acids is 2. The quantitative estimate of drug-likeness (QED) is 0.792. The topological polar surface area (TPSA) is 110 Å². The molecule has 1 heterocycles. The van der Waals surface area contributed by atoms with Gasteiger partial charge in [-0.2, -0.15) is 0 Å². The van der Waals surface area contributed by atoms with Crippen LogP contribution in [0.4, 0.5) is 5.69 Å². The zero-order chi connectivity index (χ0) is 18.6. The number of aromatic nitrogens is 2. The van der Waals surface area contributed by atoms with Crippen LogP contribution in [0.3, 0.4) is 0 Å². The number of carbonyl (C=O) groups is 2. The van der Waals surface area contributed by atoms with Gasteiger partial charge in [-0.05, 0) is 32.0 Å². The van der Waals surface area contributed by atoms with Crippen molar-refractivity contribution in [1.29, 1.82) is 0 Å². The van der Waals surface area contributed by atoms with E-state index >= 15 is 0 Å². The van der Waals surface area contributed by atoms with Gasteiger partial charge in [0.05, 0.1) is 31.9 Å².